The molecule has 0 unspecified atom stereocenters. The topological polar surface area (TPSA) is 90.0 Å². The number of benzene rings is 1. The first-order valence-corrected chi connectivity index (χ1v) is 6.76. The highest BCUT2D eigenvalue weighted by molar-refractivity contribution is 6.30. The number of aromatic nitrogens is 2. The number of rotatable bonds is 6. The average molecular weight is 307 g/mol. The number of anilines is 1. The number of hydrogen-bond acceptors (Lipinski definition) is 3. The summed E-state index contributed by atoms with van der Waals surface area (Å²) in [7, 11) is 0. The first-order chi connectivity index (χ1) is 10.0. The van der Waals surface area contributed by atoms with Gasteiger partial charge >= 0.3 is 0 Å². The van der Waals surface area contributed by atoms with Gasteiger partial charge in [0.15, 0.2) is 0 Å². The molecule has 0 aliphatic heterocycles. The third-order valence-corrected chi connectivity index (χ3v) is 3.00. The highest BCUT2D eigenvalue weighted by atomic mass is 35.5. The van der Waals surface area contributed by atoms with Gasteiger partial charge in [-0.15, -0.1) is 0 Å². The molecular weight excluding hydrogens is 292 g/mol. The number of halogens is 1. The van der Waals surface area contributed by atoms with Gasteiger partial charge < -0.3 is 11.1 Å². The molecule has 0 bridgehead atoms. The van der Waals surface area contributed by atoms with Gasteiger partial charge in [0, 0.05) is 17.6 Å². The van der Waals surface area contributed by atoms with Crippen LogP contribution in [0.15, 0.2) is 36.7 Å². The summed E-state index contributed by atoms with van der Waals surface area (Å²) in [6.45, 7) is -0.0155. The maximum atomic E-state index is 11.8. The van der Waals surface area contributed by atoms with Gasteiger partial charge in [-0.1, -0.05) is 23.7 Å². The van der Waals surface area contributed by atoms with Crippen molar-refractivity contribution in [2.45, 2.75) is 19.4 Å². The van der Waals surface area contributed by atoms with E-state index in [4.69, 9.17) is 17.3 Å². The number of hydrogen-bond donors (Lipinski definition) is 2. The lowest BCUT2D eigenvalue weighted by Gasteiger charge is -2.03. The molecule has 1 heterocycles. The molecule has 110 valence electrons. The summed E-state index contributed by atoms with van der Waals surface area (Å²) in [5, 5.41) is 7.29. The predicted octanol–water partition coefficient (Wildman–Crippen LogP) is 1.59. The summed E-state index contributed by atoms with van der Waals surface area (Å²) in [6, 6.07) is 7.39. The van der Waals surface area contributed by atoms with Crippen LogP contribution in [0.1, 0.15) is 12.0 Å². The third kappa shape index (κ3) is 4.92. The summed E-state index contributed by atoms with van der Waals surface area (Å²) in [5.41, 5.74) is 6.60. The fraction of sp³-hybridized carbons (Fsp3) is 0.214. The van der Waals surface area contributed by atoms with Crippen LogP contribution in [0.4, 0.5) is 5.69 Å². The Labute approximate surface area is 126 Å². The monoisotopic (exact) mass is 306 g/mol. The van der Waals surface area contributed by atoms with Crippen LogP contribution in [-0.4, -0.2) is 21.6 Å². The minimum Gasteiger partial charge on any atom is -0.368 e. The number of nitrogens with one attached hydrogen (secondary N) is 1. The molecule has 6 nitrogen and oxygen atoms in total. The van der Waals surface area contributed by atoms with Crippen LogP contribution in [0.25, 0.3) is 0 Å². The average Bonchev–Trinajstić information content (AvgIpc) is 2.83. The maximum Gasteiger partial charge on any atom is 0.239 e. The molecule has 2 rings (SSSR count). The molecule has 7 heteroatoms. The Bertz CT molecular complexity index is 654. The smallest absolute Gasteiger partial charge is 0.239 e. The fourth-order valence-electron chi connectivity index (χ4n) is 1.85. The standard InChI is InChI=1S/C14H15ClN4O2/c15-11-3-1-2-10(6-11)4-5-14(21)18-12-7-17-19(8-12)9-13(16)20/h1-3,6-8H,4-5,9H2,(H2,16,20)(H,18,21). The van der Waals surface area contributed by atoms with Crippen LogP contribution in [0.3, 0.4) is 0 Å². The highest BCUT2D eigenvalue weighted by Crippen LogP contribution is 2.13. The zero-order valence-electron chi connectivity index (χ0n) is 11.3. The van der Waals surface area contributed by atoms with Crippen molar-refractivity contribution < 1.29 is 9.59 Å². The molecule has 0 atom stereocenters. The van der Waals surface area contributed by atoms with Gasteiger partial charge in [0.25, 0.3) is 0 Å². The van der Waals surface area contributed by atoms with Crippen LogP contribution in [0, 0.1) is 0 Å². The summed E-state index contributed by atoms with van der Waals surface area (Å²) in [6.07, 6.45) is 3.96. The van der Waals surface area contributed by atoms with Crippen molar-refractivity contribution in [1.82, 2.24) is 9.78 Å². The largest absolute Gasteiger partial charge is 0.368 e. The molecule has 2 aromatic rings. The van der Waals surface area contributed by atoms with Gasteiger partial charge in [-0.05, 0) is 24.1 Å². The minimum atomic E-state index is -0.489. The van der Waals surface area contributed by atoms with Crippen molar-refractivity contribution in [3.8, 4) is 0 Å². The fourth-order valence-corrected chi connectivity index (χ4v) is 2.06. The van der Waals surface area contributed by atoms with E-state index >= 15 is 0 Å². The van der Waals surface area contributed by atoms with Gasteiger partial charge in [0.05, 0.1) is 11.9 Å². The van der Waals surface area contributed by atoms with E-state index in [1.807, 2.05) is 18.2 Å². The zero-order valence-corrected chi connectivity index (χ0v) is 12.0. The van der Waals surface area contributed by atoms with Gasteiger partial charge in [0.2, 0.25) is 11.8 Å². The van der Waals surface area contributed by atoms with Crippen LogP contribution in [-0.2, 0) is 22.6 Å². The molecule has 1 aromatic carbocycles. The Morgan fingerprint density at radius 2 is 2.19 bits per heavy atom. The van der Waals surface area contributed by atoms with Crippen molar-refractivity contribution in [3.05, 3.63) is 47.2 Å². The molecule has 2 amide bonds. The van der Waals surface area contributed by atoms with Gasteiger partial charge in [-0.2, -0.15) is 5.10 Å². The van der Waals surface area contributed by atoms with Gasteiger partial charge in [-0.3, -0.25) is 14.3 Å². The molecule has 1 aromatic heterocycles. The first kappa shape index (κ1) is 15.1. The molecule has 0 saturated heterocycles. The van der Waals surface area contributed by atoms with E-state index in [1.165, 1.54) is 10.9 Å². The van der Waals surface area contributed by atoms with Crippen LogP contribution >= 0.6 is 11.6 Å². The Balaban J connectivity index is 1.84. The molecule has 21 heavy (non-hydrogen) atoms. The normalized spacial score (nSPS) is 10.3. The number of nitrogens with zero attached hydrogens (tertiary/aromatic N) is 2. The number of nitrogens with two attached hydrogens (primary N) is 1. The van der Waals surface area contributed by atoms with E-state index in [9.17, 15) is 9.59 Å². The number of amides is 2. The van der Waals surface area contributed by atoms with Crippen LogP contribution < -0.4 is 11.1 Å². The van der Waals surface area contributed by atoms with Crippen molar-refractivity contribution in [2.24, 2.45) is 5.73 Å². The van der Waals surface area contributed by atoms with E-state index in [-0.39, 0.29) is 12.5 Å². The van der Waals surface area contributed by atoms with Crippen molar-refractivity contribution in [3.63, 3.8) is 0 Å². The predicted molar refractivity (Wildman–Crippen MR) is 79.8 cm³/mol. The maximum absolute atomic E-state index is 11.8. The van der Waals surface area contributed by atoms with E-state index in [2.05, 4.69) is 10.4 Å². The molecule has 0 saturated carbocycles. The van der Waals surface area contributed by atoms with E-state index in [0.29, 0.717) is 23.6 Å². The molecule has 0 aliphatic carbocycles. The Hall–Kier alpha value is -2.34. The SMILES string of the molecule is NC(=O)Cn1cc(NC(=O)CCc2cccc(Cl)c2)cn1. The van der Waals surface area contributed by atoms with E-state index in [0.717, 1.165) is 5.56 Å². The minimum absolute atomic E-state index is 0.0155. The Morgan fingerprint density at radius 3 is 2.90 bits per heavy atom. The Kier molecular flexibility index (Phi) is 4.94. The van der Waals surface area contributed by atoms with Crippen LogP contribution in [0.2, 0.25) is 5.02 Å². The Morgan fingerprint density at radius 1 is 1.38 bits per heavy atom. The summed E-state index contributed by atoms with van der Waals surface area (Å²) in [4.78, 5) is 22.6. The lowest BCUT2D eigenvalue weighted by Crippen LogP contribution is -2.18. The summed E-state index contributed by atoms with van der Waals surface area (Å²) < 4.78 is 1.37. The number of carbonyl (C=O) groups excluding carboxylic acids is 2. The summed E-state index contributed by atoms with van der Waals surface area (Å²) >= 11 is 5.88. The molecule has 0 aliphatic rings. The number of primary amides is 1. The molecule has 0 radical (unpaired) electrons. The lowest BCUT2D eigenvalue weighted by molar-refractivity contribution is -0.118. The highest BCUT2D eigenvalue weighted by Gasteiger charge is 2.06. The van der Waals surface area contributed by atoms with Crippen molar-refractivity contribution >= 4 is 29.1 Å². The second kappa shape index (κ2) is 6.90. The van der Waals surface area contributed by atoms with E-state index < -0.39 is 5.91 Å². The first-order valence-electron chi connectivity index (χ1n) is 6.38. The van der Waals surface area contributed by atoms with E-state index in [1.54, 1.807) is 12.3 Å². The summed E-state index contributed by atoms with van der Waals surface area (Å²) in [5.74, 6) is -0.620. The second-order valence-corrected chi connectivity index (χ2v) is 5.01. The number of aryl methyl sites for hydroxylation is 1. The zero-order chi connectivity index (χ0) is 15.2. The molecule has 0 fully saturated rings. The molecule has 0 spiro atoms. The lowest BCUT2D eigenvalue weighted by atomic mass is 10.1. The molecular formula is C14H15ClN4O2. The number of carbonyl (C=O) groups is 2. The molecule has 3 N–H and O–H groups in total. The van der Waals surface area contributed by atoms with Crippen molar-refractivity contribution in [2.75, 3.05) is 5.32 Å². The second-order valence-electron chi connectivity index (χ2n) is 4.57. The third-order valence-electron chi connectivity index (χ3n) is 2.76. The quantitative estimate of drug-likeness (QED) is 0.849. The van der Waals surface area contributed by atoms with Gasteiger partial charge in [-0.25, -0.2) is 0 Å². The van der Waals surface area contributed by atoms with Crippen molar-refractivity contribution in [1.29, 1.82) is 0 Å². The van der Waals surface area contributed by atoms with Gasteiger partial charge in [0.1, 0.15) is 6.54 Å². The van der Waals surface area contributed by atoms with Crippen LogP contribution in [0.5, 0.6) is 0 Å².